The molecule has 2 aromatic rings. The van der Waals surface area contributed by atoms with Crippen molar-refractivity contribution < 1.29 is 17.9 Å². The van der Waals surface area contributed by atoms with Crippen LogP contribution in [-0.2, 0) is 45.5 Å². The van der Waals surface area contributed by atoms with Crippen LogP contribution in [0.2, 0.25) is 0 Å². The molecular weight excluding hydrogens is 370 g/mol. The van der Waals surface area contributed by atoms with Crippen LogP contribution in [0.3, 0.4) is 0 Å². The van der Waals surface area contributed by atoms with Crippen LogP contribution in [0.5, 0.6) is 0 Å². The fourth-order valence-corrected chi connectivity index (χ4v) is 4.39. The standard InChI is InChI=1S/C19H25NO4S2/c1-4-17-9-10-18(25-17)14-20(26(3,22)23)13-16-8-6-7-15(11-16)12-19(21)24-5-2/h6-11H,4-5,12-14H2,1-3H3. The van der Waals surface area contributed by atoms with Gasteiger partial charge in [-0.2, -0.15) is 4.31 Å². The first-order valence-corrected chi connectivity index (χ1v) is 11.2. The molecule has 0 N–H and O–H groups in total. The lowest BCUT2D eigenvalue weighted by molar-refractivity contribution is -0.142. The highest BCUT2D eigenvalue weighted by molar-refractivity contribution is 7.88. The number of esters is 1. The van der Waals surface area contributed by atoms with Gasteiger partial charge in [0.15, 0.2) is 0 Å². The Morgan fingerprint density at radius 1 is 1.08 bits per heavy atom. The average molecular weight is 396 g/mol. The molecule has 0 aliphatic rings. The van der Waals surface area contributed by atoms with E-state index in [0.29, 0.717) is 13.2 Å². The number of aryl methyl sites for hydroxylation is 1. The summed E-state index contributed by atoms with van der Waals surface area (Å²) in [5.74, 6) is -0.282. The molecule has 1 aromatic heterocycles. The van der Waals surface area contributed by atoms with E-state index >= 15 is 0 Å². The van der Waals surface area contributed by atoms with E-state index in [9.17, 15) is 13.2 Å². The van der Waals surface area contributed by atoms with Crippen LogP contribution in [0.1, 0.15) is 34.7 Å². The molecule has 7 heteroatoms. The van der Waals surface area contributed by atoms with E-state index in [1.807, 2.05) is 36.4 Å². The molecule has 26 heavy (non-hydrogen) atoms. The molecule has 0 aliphatic carbocycles. The van der Waals surface area contributed by atoms with Crippen molar-refractivity contribution >= 4 is 27.3 Å². The predicted molar refractivity (Wildman–Crippen MR) is 105 cm³/mol. The Morgan fingerprint density at radius 3 is 2.38 bits per heavy atom. The van der Waals surface area contributed by atoms with E-state index in [2.05, 4.69) is 6.92 Å². The summed E-state index contributed by atoms with van der Waals surface area (Å²) in [4.78, 5) is 13.9. The van der Waals surface area contributed by atoms with Gasteiger partial charge in [0, 0.05) is 22.8 Å². The largest absolute Gasteiger partial charge is 0.466 e. The summed E-state index contributed by atoms with van der Waals surface area (Å²) < 4.78 is 30.9. The summed E-state index contributed by atoms with van der Waals surface area (Å²) in [7, 11) is -3.35. The van der Waals surface area contributed by atoms with Gasteiger partial charge in [-0.25, -0.2) is 8.42 Å². The second-order valence-electron chi connectivity index (χ2n) is 6.05. The summed E-state index contributed by atoms with van der Waals surface area (Å²) >= 11 is 1.64. The van der Waals surface area contributed by atoms with Crippen molar-refractivity contribution in [1.29, 1.82) is 0 Å². The van der Waals surface area contributed by atoms with Crippen molar-refractivity contribution in [2.45, 2.75) is 39.8 Å². The normalized spacial score (nSPS) is 11.7. The Morgan fingerprint density at radius 2 is 1.77 bits per heavy atom. The first kappa shape index (κ1) is 20.6. The molecule has 0 saturated heterocycles. The molecule has 2 rings (SSSR count). The van der Waals surface area contributed by atoms with Gasteiger partial charge in [-0.05, 0) is 36.6 Å². The highest BCUT2D eigenvalue weighted by Crippen LogP contribution is 2.21. The second kappa shape index (κ2) is 9.30. The van der Waals surface area contributed by atoms with Crippen molar-refractivity contribution in [3.63, 3.8) is 0 Å². The molecule has 0 fully saturated rings. The number of rotatable bonds is 9. The highest BCUT2D eigenvalue weighted by Gasteiger charge is 2.19. The van der Waals surface area contributed by atoms with Gasteiger partial charge in [0.05, 0.1) is 19.3 Å². The van der Waals surface area contributed by atoms with Gasteiger partial charge in [-0.3, -0.25) is 4.79 Å². The number of nitrogens with zero attached hydrogens (tertiary/aromatic N) is 1. The van der Waals surface area contributed by atoms with Crippen molar-refractivity contribution in [3.05, 3.63) is 57.3 Å². The van der Waals surface area contributed by atoms with Crippen LogP contribution in [0.4, 0.5) is 0 Å². The first-order valence-electron chi connectivity index (χ1n) is 8.58. The number of hydrogen-bond donors (Lipinski definition) is 0. The van der Waals surface area contributed by atoms with Crippen LogP contribution in [0.15, 0.2) is 36.4 Å². The SMILES string of the molecule is CCOC(=O)Cc1cccc(CN(Cc2ccc(CC)s2)S(C)(=O)=O)c1. The number of ether oxygens (including phenoxy) is 1. The first-order chi connectivity index (χ1) is 12.3. The monoisotopic (exact) mass is 395 g/mol. The maximum absolute atomic E-state index is 12.2. The summed E-state index contributed by atoms with van der Waals surface area (Å²) in [6.45, 7) is 4.83. The molecule has 0 aliphatic heterocycles. The van der Waals surface area contributed by atoms with Gasteiger partial charge < -0.3 is 4.74 Å². The summed E-state index contributed by atoms with van der Waals surface area (Å²) in [5.41, 5.74) is 1.67. The Labute approximate surface area is 159 Å². The lowest BCUT2D eigenvalue weighted by atomic mass is 10.1. The summed E-state index contributed by atoms with van der Waals surface area (Å²) in [6.07, 6.45) is 2.36. The average Bonchev–Trinajstić information content (AvgIpc) is 3.02. The minimum atomic E-state index is -3.35. The van der Waals surface area contributed by atoms with Crippen molar-refractivity contribution in [1.82, 2.24) is 4.31 Å². The predicted octanol–water partition coefficient (Wildman–Crippen LogP) is 3.38. The zero-order valence-corrected chi connectivity index (χ0v) is 17.0. The van der Waals surface area contributed by atoms with Crippen LogP contribution in [0.25, 0.3) is 0 Å². The summed E-state index contributed by atoms with van der Waals surface area (Å²) in [5, 5.41) is 0. The molecular formula is C19H25NO4S2. The Balaban J connectivity index is 2.14. The lowest BCUT2D eigenvalue weighted by Crippen LogP contribution is -2.28. The van der Waals surface area contributed by atoms with Crippen LogP contribution in [-0.4, -0.2) is 31.6 Å². The zero-order chi connectivity index (χ0) is 19.2. The molecule has 0 bridgehead atoms. The van der Waals surface area contributed by atoms with Crippen LogP contribution >= 0.6 is 11.3 Å². The number of sulfonamides is 1. The minimum Gasteiger partial charge on any atom is -0.466 e. The number of hydrogen-bond acceptors (Lipinski definition) is 5. The topological polar surface area (TPSA) is 63.7 Å². The smallest absolute Gasteiger partial charge is 0.310 e. The molecule has 1 heterocycles. The molecule has 142 valence electrons. The molecule has 1 aromatic carbocycles. The number of thiophene rings is 1. The number of carbonyl (C=O) groups is 1. The molecule has 0 atom stereocenters. The van der Waals surface area contributed by atoms with Crippen LogP contribution < -0.4 is 0 Å². The molecule has 0 radical (unpaired) electrons. The Bertz CT molecular complexity index is 843. The quantitative estimate of drug-likeness (QED) is 0.611. The fraction of sp³-hybridized carbons (Fsp3) is 0.421. The fourth-order valence-electron chi connectivity index (χ4n) is 2.58. The van der Waals surface area contributed by atoms with E-state index in [4.69, 9.17) is 4.74 Å². The summed E-state index contributed by atoms with van der Waals surface area (Å²) in [6, 6.07) is 11.4. The van der Waals surface area contributed by atoms with E-state index in [1.165, 1.54) is 15.4 Å². The molecule has 0 amide bonds. The zero-order valence-electron chi connectivity index (χ0n) is 15.4. The van der Waals surface area contributed by atoms with Crippen LogP contribution in [0, 0.1) is 0 Å². The van der Waals surface area contributed by atoms with E-state index in [-0.39, 0.29) is 18.9 Å². The van der Waals surface area contributed by atoms with Gasteiger partial charge in [-0.15, -0.1) is 11.3 Å². The molecule has 0 unspecified atom stereocenters. The van der Waals surface area contributed by atoms with Crippen molar-refractivity contribution in [2.24, 2.45) is 0 Å². The Kier molecular flexibility index (Phi) is 7.37. The maximum Gasteiger partial charge on any atom is 0.310 e. The third kappa shape index (κ3) is 6.23. The number of carbonyl (C=O) groups excluding carboxylic acids is 1. The Hall–Kier alpha value is -1.70. The van der Waals surface area contributed by atoms with Gasteiger partial charge >= 0.3 is 5.97 Å². The maximum atomic E-state index is 12.2. The molecule has 0 spiro atoms. The molecule has 0 saturated carbocycles. The van der Waals surface area contributed by atoms with Gasteiger partial charge in [0.25, 0.3) is 0 Å². The molecule has 5 nitrogen and oxygen atoms in total. The number of benzene rings is 1. The van der Waals surface area contributed by atoms with E-state index in [0.717, 1.165) is 22.4 Å². The van der Waals surface area contributed by atoms with Crippen molar-refractivity contribution in [2.75, 3.05) is 12.9 Å². The van der Waals surface area contributed by atoms with Gasteiger partial charge in [0.1, 0.15) is 0 Å². The minimum absolute atomic E-state index is 0.186. The van der Waals surface area contributed by atoms with Crippen molar-refractivity contribution in [3.8, 4) is 0 Å². The lowest BCUT2D eigenvalue weighted by Gasteiger charge is -2.19. The highest BCUT2D eigenvalue weighted by atomic mass is 32.2. The van der Waals surface area contributed by atoms with Gasteiger partial charge in [0.2, 0.25) is 10.0 Å². The third-order valence-electron chi connectivity index (χ3n) is 3.87. The second-order valence-corrected chi connectivity index (χ2v) is 9.29. The van der Waals surface area contributed by atoms with E-state index in [1.54, 1.807) is 18.3 Å². The third-order valence-corrected chi connectivity index (χ3v) is 6.28. The van der Waals surface area contributed by atoms with E-state index < -0.39 is 10.0 Å². The van der Waals surface area contributed by atoms with Gasteiger partial charge in [-0.1, -0.05) is 31.2 Å².